The van der Waals surface area contributed by atoms with Crippen molar-refractivity contribution in [3.05, 3.63) is 40.7 Å². The molecule has 0 aliphatic carbocycles. The van der Waals surface area contributed by atoms with Crippen LogP contribution in [0.2, 0.25) is 0 Å². The topological polar surface area (TPSA) is 12.9 Å². The van der Waals surface area contributed by atoms with Crippen LogP contribution in [0.15, 0.2) is 24.3 Å². The van der Waals surface area contributed by atoms with Crippen molar-refractivity contribution in [2.24, 2.45) is 5.92 Å². The molecule has 0 N–H and O–H groups in total. The zero-order chi connectivity index (χ0) is 12.4. The van der Waals surface area contributed by atoms with E-state index in [1.807, 2.05) is 13.0 Å². The number of thiazole rings is 1. The number of nitrogens with zero attached hydrogens (tertiary/aromatic N) is 1. The van der Waals surface area contributed by atoms with E-state index >= 15 is 0 Å². The lowest BCUT2D eigenvalue weighted by Gasteiger charge is -2.00. The molecule has 0 bridgehead atoms. The molecule has 0 radical (unpaired) electrons. The average Bonchev–Trinajstić information content (AvgIpc) is 2.59. The summed E-state index contributed by atoms with van der Waals surface area (Å²) in [7, 11) is 0. The summed E-state index contributed by atoms with van der Waals surface area (Å²) < 4.78 is 13.1. The summed E-state index contributed by atoms with van der Waals surface area (Å²) in [4.78, 5) is 5.83. The molecule has 1 aromatic carbocycles. The summed E-state index contributed by atoms with van der Waals surface area (Å²) in [6, 6.07) is 6.63. The van der Waals surface area contributed by atoms with E-state index in [0.29, 0.717) is 5.92 Å². The van der Waals surface area contributed by atoms with Gasteiger partial charge in [0.25, 0.3) is 0 Å². The maximum Gasteiger partial charge on any atom is 0.123 e. The van der Waals surface area contributed by atoms with Gasteiger partial charge in [0, 0.05) is 10.4 Å². The smallest absolute Gasteiger partial charge is 0.123 e. The van der Waals surface area contributed by atoms with Crippen LogP contribution < -0.4 is 0 Å². The number of benzene rings is 1. The standard InChI is InChI=1S/C14H16FNS/c1-9(2)7-13-10(3)16-14(17-13)11-5-4-6-12(15)8-11/h4-6,8-9H,7H2,1-3H3. The van der Waals surface area contributed by atoms with Crippen molar-refractivity contribution in [1.82, 2.24) is 4.98 Å². The van der Waals surface area contributed by atoms with Crippen LogP contribution in [0.25, 0.3) is 10.6 Å². The summed E-state index contributed by atoms with van der Waals surface area (Å²) in [5.41, 5.74) is 1.94. The fourth-order valence-corrected chi connectivity index (χ4v) is 3.00. The van der Waals surface area contributed by atoms with Crippen molar-refractivity contribution >= 4 is 11.3 Å². The van der Waals surface area contributed by atoms with E-state index in [1.54, 1.807) is 17.4 Å². The second kappa shape index (κ2) is 4.96. The maximum atomic E-state index is 13.1. The average molecular weight is 249 g/mol. The zero-order valence-corrected chi connectivity index (χ0v) is 11.1. The van der Waals surface area contributed by atoms with E-state index in [-0.39, 0.29) is 5.82 Å². The van der Waals surface area contributed by atoms with Gasteiger partial charge in [-0.15, -0.1) is 11.3 Å². The van der Waals surface area contributed by atoms with Gasteiger partial charge < -0.3 is 0 Å². The Kier molecular flexibility index (Phi) is 3.57. The van der Waals surface area contributed by atoms with Gasteiger partial charge in [-0.25, -0.2) is 9.37 Å². The molecule has 0 fully saturated rings. The van der Waals surface area contributed by atoms with E-state index in [9.17, 15) is 4.39 Å². The third kappa shape index (κ3) is 2.91. The Morgan fingerprint density at radius 1 is 1.35 bits per heavy atom. The molecule has 0 aliphatic heterocycles. The molecule has 17 heavy (non-hydrogen) atoms. The van der Waals surface area contributed by atoms with E-state index < -0.39 is 0 Å². The predicted octanol–water partition coefficient (Wildman–Crippen LogP) is 4.46. The fourth-order valence-electron chi connectivity index (χ4n) is 1.73. The number of aromatic nitrogens is 1. The van der Waals surface area contributed by atoms with Crippen LogP contribution in [-0.2, 0) is 6.42 Å². The van der Waals surface area contributed by atoms with Crippen LogP contribution >= 0.6 is 11.3 Å². The monoisotopic (exact) mass is 249 g/mol. The van der Waals surface area contributed by atoms with Crippen LogP contribution in [0.3, 0.4) is 0 Å². The Morgan fingerprint density at radius 3 is 2.76 bits per heavy atom. The molecular weight excluding hydrogens is 233 g/mol. The lowest BCUT2D eigenvalue weighted by atomic mass is 10.1. The van der Waals surface area contributed by atoms with Crippen LogP contribution in [0.5, 0.6) is 0 Å². The van der Waals surface area contributed by atoms with Crippen LogP contribution in [0.4, 0.5) is 4.39 Å². The second-order valence-electron chi connectivity index (χ2n) is 4.64. The van der Waals surface area contributed by atoms with Crippen LogP contribution in [0.1, 0.15) is 24.4 Å². The number of halogens is 1. The molecule has 1 heterocycles. The van der Waals surface area contributed by atoms with Crippen molar-refractivity contribution in [3.63, 3.8) is 0 Å². The SMILES string of the molecule is Cc1nc(-c2cccc(F)c2)sc1CC(C)C. The Balaban J connectivity index is 2.34. The highest BCUT2D eigenvalue weighted by molar-refractivity contribution is 7.15. The third-order valence-electron chi connectivity index (χ3n) is 2.56. The van der Waals surface area contributed by atoms with E-state index in [0.717, 1.165) is 22.7 Å². The van der Waals surface area contributed by atoms with Gasteiger partial charge in [-0.3, -0.25) is 0 Å². The molecule has 0 amide bonds. The predicted molar refractivity (Wildman–Crippen MR) is 70.8 cm³/mol. The van der Waals surface area contributed by atoms with Gasteiger partial charge in [0.05, 0.1) is 5.69 Å². The summed E-state index contributed by atoms with van der Waals surface area (Å²) in [6.07, 6.45) is 1.04. The minimum absolute atomic E-state index is 0.208. The van der Waals surface area contributed by atoms with Gasteiger partial charge in [0.15, 0.2) is 0 Å². The van der Waals surface area contributed by atoms with Gasteiger partial charge in [-0.05, 0) is 31.4 Å². The second-order valence-corrected chi connectivity index (χ2v) is 5.72. The van der Waals surface area contributed by atoms with Gasteiger partial charge in [0.2, 0.25) is 0 Å². The van der Waals surface area contributed by atoms with Gasteiger partial charge in [0.1, 0.15) is 10.8 Å². The summed E-state index contributed by atoms with van der Waals surface area (Å²) in [6.45, 7) is 6.42. The molecule has 0 unspecified atom stereocenters. The van der Waals surface area contributed by atoms with Crippen LogP contribution in [-0.4, -0.2) is 4.98 Å². The number of hydrogen-bond acceptors (Lipinski definition) is 2. The summed E-state index contributed by atoms with van der Waals surface area (Å²) >= 11 is 1.67. The summed E-state index contributed by atoms with van der Waals surface area (Å²) in [5, 5.41) is 0.914. The lowest BCUT2D eigenvalue weighted by Crippen LogP contribution is -1.92. The zero-order valence-electron chi connectivity index (χ0n) is 10.3. The lowest BCUT2D eigenvalue weighted by molar-refractivity contribution is 0.628. The number of aryl methyl sites for hydroxylation is 1. The van der Waals surface area contributed by atoms with Crippen molar-refractivity contribution in [1.29, 1.82) is 0 Å². The Morgan fingerprint density at radius 2 is 2.12 bits per heavy atom. The van der Waals surface area contributed by atoms with Crippen molar-refractivity contribution in [3.8, 4) is 10.6 Å². The first-order valence-electron chi connectivity index (χ1n) is 5.78. The molecule has 3 heteroatoms. The van der Waals surface area contributed by atoms with Gasteiger partial charge in [-0.1, -0.05) is 26.0 Å². The first kappa shape index (κ1) is 12.2. The molecule has 0 spiro atoms. The molecule has 1 aromatic heterocycles. The molecule has 2 aromatic rings. The van der Waals surface area contributed by atoms with E-state index in [1.165, 1.54) is 17.0 Å². The van der Waals surface area contributed by atoms with Crippen molar-refractivity contribution in [2.45, 2.75) is 27.2 Å². The molecule has 1 nitrogen and oxygen atoms in total. The van der Waals surface area contributed by atoms with E-state index in [4.69, 9.17) is 0 Å². The molecule has 2 rings (SSSR count). The highest BCUT2D eigenvalue weighted by Crippen LogP contribution is 2.29. The molecule has 0 saturated carbocycles. The highest BCUT2D eigenvalue weighted by atomic mass is 32.1. The van der Waals surface area contributed by atoms with Crippen LogP contribution in [0, 0.1) is 18.7 Å². The van der Waals surface area contributed by atoms with E-state index in [2.05, 4.69) is 18.8 Å². The van der Waals surface area contributed by atoms with Crippen molar-refractivity contribution < 1.29 is 4.39 Å². The molecular formula is C14H16FNS. The molecule has 0 aliphatic rings. The number of hydrogen-bond donors (Lipinski definition) is 0. The minimum atomic E-state index is -0.208. The molecule has 0 saturated heterocycles. The summed E-state index contributed by atoms with van der Waals surface area (Å²) in [5.74, 6) is 0.412. The Labute approximate surface area is 105 Å². The molecule has 0 atom stereocenters. The van der Waals surface area contributed by atoms with Crippen molar-refractivity contribution in [2.75, 3.05) is 0 Å². The fraction of sp³-hybridized carbons (Fsp3) is 0.357. The number of rotatable bonds is 3. The maximum absolute atomic E-state index is 13.1. The minimum Gasteiger partial charge on any atom is -0.241 e. The quantitative estimate of drug-likeness (QED) is 0.782. The normalized spacial score (nSPS) is 11.1. The Hall–Kier alpha value is -1.22. The largest absolute Gasteiger partial charge is 0.241 e. The highest BCUT2D eigenvalue weighted by Gasteiger charge is 2.10. The Bertz CT molecular complexity index is 517. The first-order valence-corrected chi connectivity index (χ1v) is 6.60. The van der Waals surface area contributed by atoms with Gasteiger partial charge in [-0.2, -0.15) is 0 Å². The van der Waals surface area contributed by atoms with Gasteiger partial charge >= 0.3 is 0 Å². The third-order valence-corrected chi connectivity index (χ3v) is 3.79. The first-order chi connectivity index (χ1) is 8.06. The molecule has 90 valence electrons.